The van der Waals surface area contributed by atoms with Gasteiger partial charge in [0.25, 0.3) is 11.4 Å². The van der Waals surface area contributed by atoms with Gasteiger partial charge in [-0.05, 0) is 22.9 Å². The summed E-state index contributed by atoms with van der Waals surface area (Å²) in [5.74, 6) is -1.31. The third kappa shape index (κ3) is 3.76. The Morgan fingerprint density at radius 1 is 1.08 bits per heavy atom. The summed E-state index contributed by atoms with van der Waals surface area (Å²) >= 11 is 5.71. The molecule has 2 aromatic carbocycles. The lowest BCUT2D eigenvalue weighted by Crippen LogP contribution is -2.02. The van der Waals surface area contributed by atoms with Crippen LogP contribution in [0.5, 0.6) is 11.5 Å². The molecule has 0 aromatic heterocycles. The number of aliphatic imine (C=N–C) groups is 1. The normalized spacial score (nSPS) is 10.9. The fourth-order valence-corrected chi connectivity index (χ4v) is 2.10. The smallest absolute Gasteiger partial charge is 0.269 e. The first-order valence-corrected chi connectivity index (χ1v) is 6.76. The van der Waals surface area contributed by atoms with Crippen LogP contribution in [0.3, 0.4) is 0 Å². The number of hydrogen-bond acceptors (Lipinski definition) is 7. The molecule has 9 nitrogen and oxygen atoms in total. The lowest BCUT2D eigenvalue weighted by molar-refractivity contribution is -0.398. The van der Waals surface area contributed by atoms with Gasteiger partial charge >= 0.3 is 0 Å². The van der Waals surface area contributed by atoms with E-state index in [1.807, 2.05) is 0 Å². The molecule has 0 atom stereocenters. The van der Waals surface area contributed by atoms with Gasteiger partial charge in [-0.1, -0.05) is 17.7 Å². The summed E-state index contributed by atoms with van der Waals surface area (Å²) in [5, 5.41) is 44.9. The van der Waals surface area contributed by atoms with Crippen LogP contribution in [-0.2, 0) is 6.54 Å². The number of rotatable bonds is 5. The summed E-state index contributed by atoms with van der Waals surface area (Å²) < 4.78 is 0. The predicted octanol–water partition coefficient (Wildman–Crippen LogP) is 1.92. The van der Waals surface area contributed by atoms with E-state index in [0.717, 1.165) is 30.5 Å². The third-order valence-electron chi connectivity index (χ3n) is 3.01. The Kier molecular flexibility index (Phi) is 4.95. The molecule has 0 radical (unpaired) electrons. The topological polar surface area (TPSA) is 145 Å². The van der Waals surface area contributed by atoms with Crippen molar-refractivity contribution in [1.82, 2.24) is 0 Å². The van der Waals surface area contributed by atoms with Crippen molar-refractivity contribution in [3.63, 3.8) is 0 Å². The van der Waals surface area contributed by atoms with Crippen molar-refractivity contribution in [3.8, 4) is 11.5 Å². The number of nitro benzene ring substituents is 2. The van der Waals surface area contributed by atoms with Gasteiger partial charge in [0, 0.05) is 29.4 Å². The first-order chi connectivity index (χ1) is 11.3. The van der Waals surface area contributed by atoms with Crippen LogP contribution < -0.4 is 10.2 Å². The van der Waals surface area contributed by atoms with Gasteiger partial charge in [0.2, 0.25) is 0 Å². The highest BCUT2D eigenvalue weighted by Crippen LogP contribution is 2.30. The SMILES string of the molecule is O=[N+]([O-])c1ccc([O-])c(CN=Cc2cc(Cl)cc([N+](=O)[O-])c2[O-])c1. The van der Waals surface area contributed by atoms with E-state index in [1.165, 1.54) is 6.07 Å². The lowest BCUT2D eigenvalue weighted by Gasteiger charge is -2.12. The van der Waals surface area contributed by atoms with Crippen LogP contribution in [0.2, 0.25) is 5.02 Å². The molecule has 0 saturated carbocycles. The predicted molar refractivity (Wildman–Crippen MR) is 81.4 cm³/mol. The molecule has 0 spiro atoms. The molecule has 0 aliphatic rings. The number of halogens is 1. The molecule has 24 heavy (non-hydrogen) atoms. The first kappa shape index (κ1) is 17.2. The Labute approximate surface area is 139 Å². The number of hydrogen-bond donors (Lipinski definition) is 0. The fraction of sp³-hybridized carbons (Fsp3) is 0.0714. The molecule has 10 heteroatoms. The maximum Gasteiger partial charge on any atom is 0.269 e. The molecule has 2 rings (SSSR count). The van der Waals surface area contributed by atoms with E-state index in [4.69, 9.17) is 11.6 Å². The van der Waals surface area contributed by atoms with Crippen LogP contribution in [-0.4, -0.2) is 16.1 Å². The number of non-ortho nitro benzene ring substituents is 1. The third-order valence-corrected chi connectivity index (χ3v) is 3.22. The van der Waals surface area contributed by atoms with Gasteiger partial charge in [-0.15, -0.1) is 5.75 Å². The minimum atomic E-state index is -0.866. The number of nitrogens with zero attached hydrogens (tertiary/aromatic N) is 3. The van der Waals surface area contributed by atoms with E-state index in [2.05, 4.69) is 4.99 Å². The van der Waals surface area contributed by atoms with E-state index in [1.54, 1.807) is 0 Å². The Morgan fingerprint density at radius 2 is 1.79 bits per heavy atom. The summed E-state index contributed by atoms with van der Waals surface area (Å²) in [5.41, 5.74) is -1.01. The number of nitro groups is 2. The van der Waals surface area contributed by atoms with E-state index in [0.29, 0.717) is 0 Å². The number of benzene rings is 2. The van der Waals surface area contributed by atoms with Gasteiger partial charge in [0.1, 0.15) is 0 Å². The van der Waals surface area contributed by atoms with Crippen LogP contribution in [0.1, 0.15) is 11.1 Å². The van der Waals surface area contributed by atoms with Gasteiger partial charge in [0.15, 0.2) is 0 Å². The van der Waals surface area contributed by atoms with Crippen LogP contribution in [0.15, 0.2) is 35.3 Å². The molecule has 0 amide bonds. The molecule has 0 unspecified atom stereocenters. The summed E-state index contributed by atoms with van der Waals surface area (Å²) in [6, 6.07) is 5.33. The Balaban J connectivity index is 2.29. The fourth-order valence-electron chi connectivity index (χ4n) is 1.88. The van der Waals surface area contributed by atoms with E-state index in [9.17, 15) is 30.4 Å². The summed E-state index contributed by atoms with van der Waals surface area (Å²) in [6.45, 7) is -0.222. The Morgan fingerprint density at radius 3 is 2.42 bits per heavy atom. The zero-order valence-corrected chi connectivity index (χ0v) is 12.6. The van der Waals surface area contributed by atoms with Crippen molar-refractivity contribution >= 4 is 29.2 Å². The molecule has 124 valence electrons. The lowest BCUT2D eigenvalue weighted by atomic mass is 10.1. The van der Waals surface area contributed by atoms with Gasteiger partial charge in [-0.25, -0.2) is 0 Å². The molecule has 0 N–H and O–H groups in total. The second-order valence-electron chi connectivity index (χ2n) is 4.62. The molecule has 0 saturated heterocycles. The van der Waals surface area contributed by atoms with Crippen LogP contribution in [0.25, 0.3) is 0 Å². The van der Waals surface area contributed by atoms with Crippen molar-refractivity contribution in [2.75, 3.05) is 0 Å². The highest BCUT2D eigenvalue weighted by atomic mass is 35.5. The highest BCUT2D eigenvalue weighted by molar-refractivity contribution is 6.31. The summed E-state index contributed by atoms with van der Waals surface area (Å²) in [6.07, 6.45) is 1.04. The minimum Gasteiger partial charge on any atom is -0.872 e. The maximum absolute atomic E-state index is 11.9. The largest absolute Gasteiger partial charge is 0.872 e. The Bertz CT molecular complexity index is 853. The Hall–Kier alpha value is -3.20. The van der Waals surface area contributed by atoms with Crippen LogP contribution >= 0.6 is 11.6 Å². The minimum absolute atomic E-state index is 0.0115. The van der Waals surface area contributed by atoms with Crippen LogP contribution in [0.4, 0.5) is 11.4 Å². The quantitative estimate of drug-likeness (QED) is 0.458. The molecular weight excluding hydrogens is 342 g/mol. The maximum atomic E-state index is 11.9. The first-order valence-electron chi connectivity index (χ1n) is 6.38. The molecule has 0 heterocycles. The van der Waals surface area contributed by atoms with Crippen molar-refractivity contribution in [2.45, 2.75) is 6.54 Å². The van der Waals surface area contributed by atoms with Gasteiger partial charge in [-0.2, -0.15) is 0 Å². The molecule has 0 aliphatic carbocycles. The summed E-state index contributed by atoms with van der Waals surface area (Å²) in [7, 11) is 0. The summed E-state index contributed by atoms with van der Waals surface area (Å²) in [4.78, 5) is 23.8. The van der Waals surface area contributed by atoms with Crippen LogP contribution in [0, 0.1) is 20.2 Å². The van der Waals surface area contributed by atoms with Gasteiger partial charge in [-0.3, -0.25) is 25.2 Å². The monoisotopic (exact) mass is 349 g/mol. The second kappa shape index (κ2) is 6.92. The molecular formula is C14H8ClN3O6-2. The standard InChI is InChI=1S/C14H10ClN3O6/c15-10-3-9(14(20)12(5-10)18(23)24)7-16-6-8-4-11(17(21)22)1-2-13(8)19/h1-5,7,19-20H,6H2/p-2. The highest BCUT2D eigenvalue weighted by Gasteiger charge is 2.11. The average molecular weight is 350 g/mol. The average Bonchev–Trinajstić information content (AvgIpc) is 2.51. The second-order valence-corrected chi connectivity index (χ2v) is 5.06. The van der Waals surface area contributed by atoms with Gasteiger partial charge < -0.3 is 10.2 Å². The van der Waals surface area contributed by atoms with E-state index >= 15 is 0 Å². The van der Waals surface area contributed by atoms with Crippen molar-refractivity contribution in [3.05, 3.63) is 66.7 Å². The molecule has 0 aliphatic heterocycles. The molecule has 0 fully saturated rings. The van der Waals surface area contributed by atoms with Crippen molar-refractivity contribution in [2.24, 2.45) is 4.99 Å². The zero-order chi connectivity index (χ0) is 17.9. The van der Waals surface area contributed by atoms with Gasteiger partial charge in [0.05, 0.1) is 16.4 Å². The van der Waals surface area contributed by atoms with E-state index < -0.39 is 27.0 Å². The zero-order valence-electron chi connectivity index (χ0n) is 11.8. The molecule has 2 aromatic rings. The van der Waals surface area contributed by atoms with Crippen molar-refractivity contribution in [1.29, 1.82) is 0 Å². The van der Waals surface area contributed by atoms with Crippen molar-refractivity contribution < 1.29 is 20.1 Å². The van der Waals surface area contributed by atoms with E-state index in [-0.39, 0.29) is 28.4 Å². The molecule has 0 bridgehead atoms.